The van der Waals surface area contributed by atoms with Gasteiger partial charge in [0.25, 0.3) is 15.8 Å². The van der Waals surface area contributed by atoms with E-state index >= 15 is 0 Å². The third-order valence-electron chi connectivity index (χ3n) is 2.99. The van der Waals surface area contributed by atoms with E-state index in [1.54, 1.807) is 0 Å². The number of H-pyrrole nitrogens is 1. The van der Waals surface area contributed by atoms with Crippen LogP contribution >= 0.6 is 0 Å². The van der Waals surface area contributed by atoms with Gasteiger partial charge < -0.3 is 0 Å². The normalized spacial score (nSPS) is 11.4. The summed E-state index contributed by atoms with van der Waals surface area (Å²) in [4.78, 5) is 23.3. The van der Waals surface area contributed by atoms with Crippen LogP contribution < -0.4 is 0 Å². The molecule has 0 atom stereocenters. The number of tetrazole rings is 1. The number of benzene rings is 1. The molecule has 2 aromatic heterocycles. The monoisotopic (exact) mass is 365 g/mol. The number of halogens is 1. The van der Waals surface area contributed by atoms with Gasteiger partial charge in [0.1, 0.15) is 5.82 Å². The molecule has 1 aromatic carbocycles. The summed E-state index contributed by atoms with van der Waals surface area (Å²) in [6.07, 6.45) is 0.536. The lowest BCUT2D eigenvalue weighted by atomic mass is 10.1. The molecule has 128 valence electrons. The standard InChI is InChI=1S/C12H8FN7O4S/c13-7-1-3-9(4-2-7)25(23,24)20-14-6-8(17-20)5-10(21)11(22)12-15-18-19-16-12/h1-4,6H,5H2,(H,15,16,18,19). The van der Waals surface area contributed by atoms with Gasteiger partial charge in [-0.3, -0.25) is 9.59 Å². The van der Waals surface area contributed by atoms with E-state index in [1.165, 1.54) is 0 Å². The molecule has 11 nitrogen and oxygen atoms in total. The lowest BCUT2D eigenvalue weighted by Crippen LogP contribution is -2.19. The SMILES string of the molecule is O=C(Cc1cnn(S(=O)(=O)c2ccc(F)cc2)n1)C(=O)c1nn[nH]n1. The number of aromatic nitrogens is 7. The number of carbonyl (C=O) groups is 2. The van der Waals surface area contributed by atoms with Crippen molar-refractivity contribution in [3.63, 3.8) is 0 Å². The second kappa shape index (κ2) is 6.27. The summed E-state index contributed by atoms with van der Waals surface area (Å²) in [7, 11) is -4.14. The zero-order valence-corrected chi connectivity index (χ0v) is 13.0. The van der Waals surface area contributed by atoms with Crippen molar-refractivity contribution in [2.75, 3.05) is 0 Å². The third kappa shape index (κ3) is 3.30. The van der Waals surface area contributed by atoms with Gasteiger partial charge in [-0.2, -0.15) is 13.6 Å². The van der Waals surface area contributed by atoms with E-state index in [0.29, 0.717) is 4.20 Å². The largest absolute Gasteiger partial charge is 0.299 e. The fraction of sp³-hybridized carbons (Fsp3) is 0.0833. The molecule has 3 aromatic rings. The first-order valence-corrected chi connectivity index (χ1v) is 8.05. The van der Waals surface area contributed by atoms with Crippen molar-refractivity contribution in [3.05, 3.63) is 47.8 Å². The summed E-state index contributed by atoms with van der Waals surface area (Å²) >= 11 is 0. The topological polar surface area (TPSA) is 153 Å². The predicted molar refractivity (Wildman–Crippen MR) is 76.2 cm³/mol. The van der Waals surface area contributed by atoms with E-state index in [-0.39, 0.29) is 10.6 Å². The molecule has 0 aliphatic heterocycles. The number of hydrogen-bond acceptors (Lipinski definition) is 9. The molecule has 25 heavy (non-hydrogen) atoms. The van der Waals surface area contributed by atoms with Crippen LogP contribution in [0.15, 0.2) is 35.4 Å². The summed E-state index contributed by atoms with van der Waals surface area (Å²) in [6.45, 7) is 0. The quantitative estimate of drug-likeness (QED) is 0.435. The maximum atomic E-state index is 12.9. The Balaban J connectivity index is 1.79. The van der Waals surface area contributed by atoms with Gasteiger partial charge in [0.2, 0.25) is 11.6 Å². The average Bonchev–Trinajstić information content (AvgIpc) is 3.26. The highest BCUT2D eigenvalue weighted by atomic mass is 32.2. The number of hydrogen-bond donors (Lipinski definition) is 1. The van der Waals surface area contributed by atoms with Crippen molar-refractivity contribution < 1.29 is 22.4 Å². The Morgan fingerprint density at radius 2 is 1.92 bits per heavy atom. The molecule has 0 aliphatic carbocycles. The molecule has 0 spiro atoms. The molecule has 3 rings (SSSR count). The first-order chi connectivity index (χ1) is 11.9. The Morgan fingerprint density at radius 3 is 2.56 bits per heavy atom. The molecule has 0 fully saturated rings. The summed E-state index contributed by atoms with van der Waals surface area (Å²) < 4.78 is 37.9. The summed E-state index contributed by atoms with van der Waals surface area (Å²) in [6, 6.07) is 4.06. The molecule has 13 heteroatoms. The summed E-state index contributed by atoms with van der Waals surface area (Å²) in [5.41, 5.74) is -0.0486. The van der Waals surface area contributed by atoms with Crippen molar-refractivity contribution >= 4 is 21.6 Å². The average molecular weight is 365 g/mol. The maximum Gasteiger partial charge on any atom is 0.299 e. The maximum absolute atomic E-state index is 12.9. The Hall–Kier alpha value is -3.35. The lowest BCUT2D eigenvalue weighted by Gasteiger charge is -2.02. The summed E-state index contributed by atoms with van der Waals surface area (Å²) in [5, 5.41) is 19.2. The highest BCUT2D eigenvalue weighted by Crippen LogP contribution is 2.13. The minimum atomic E-state index is -4.14. The second-order valence-electron chi connectivity index (χ2n) is 4.68. The van der Waals surface area contributed by atoms with Crippen LogP contribution in [-0.4, -0.2) is 55.0 Å². The van der Waals surface area contributed by atoms with Crippen LogP contribution in [-0.2, 0) is 21.2 Å². The van der Waals surface area contributed by atoms with E-state index in [9.17, 15) is 22.4 Å². The van der Waals surface area contributed by atoms with Crippen LogP contribution in [0.25, 0.3) is 0 Å². The minimum absolute atomic E-state index is 0.0486. The number of nitrogens with zero attached hydrogens (tertiary/aromatic N) is 6. The predicted octanol–water partition coefficient (Wildman–Crippen LogP) is -0.838. The van der Waals surface area contributed by atoms with Crippen LogP contribution in [0, 0.1) is 5.82 Å². The fourth-order valence-corrected chi connectivity index (χ4v) is 2.85. The number of ketones is 2. The van der Waals surface area contributed by atoms with Crippen LogP contribution in [0.2, 0.25) is 0 Å². The van der Waals surface area contributed by atoms with Crippen LogP contribution in [0.4, 0.5) is 4.39 Å². The molecular formula is C12H8FN7O4S. The minimum Gasteiger partial charge on any atom is -0.290 e. The van der Waals surface area contributed by atoms with Crippen molar-refractivity contribution in [2.45, 2.75) is 11.3 Å². The highest BCUT2D eigenvalue weighted by Gasteiger charge is 2.24. The second-order valence-corrected chi connectivity index (χ2v) is 6.43. The summed E-state index contributed by atoms with van der Waals surface area (Å²) in [5.74, 6) is -2.91. The van der Waals surface area contributed by atoms with Crippen LogP contribution in [0.1, 0.15) is 16.3 Å². The van der Waals surface area contributed by atoms with Gasteiger partial charge in [-0.15, -0.1) is 20.4 Å². The van der Waals surface area contributed by atoms with Gasteiger partial charge in [0.15, 0.2) is 0 Å². The Labute approximate surface area is 138 Å². The number of carbonyl (C=O) groups excluding carboxylic acids is 2. The first-order valence-electron chi connectivity index (χ1n) is 6.61. The van der Waals surface area contributed by atoms with Gasteiger partial charge in [0, 0.05) is 0 Å². The fourth-order valence-electron chi connectivity index (χ4n) is 1.80. The Morgan fingerprint density at radius 1 is 1.20 bits per heavy atom. The smallest absolute Gasteiger partial charge is 0.290 e. The number of nitrogens with one attached hydrogen (secondary N) is 1. The van der Waals surface area contributed by atoms with Gasteiger partial charge in [0.05, 0.1) is 23.2 Å². The molecule has 0 aliphatic rings. The number of rotatable bonds is 6. The van der Waals surface area contributed by atoms with Crippen molar-refractivity contribution in [1.82, 2.24) is 35.0 Å². The van der Waals surface area contributed by atoms with E-state index in [1.807, 2.05) is 0 Å². The molecule has 0 radical (unpaired) electrons. The molecule has 2 heterocycles. The third-order valence-corrected chi connectivity index (χ3v) is 4.46. The van der Waals surface area contributed by atoms with Gasteiger partial charge in [-0.05, 0) is 29.5 Å². The van der Waals surface area contributed by atoms with E-state index in [2.05, 4.69) is 30.8 Å². The molecule has 0 bridgehead atoms. The molecule has 0 saturated heterocycles. The van der Waals surface area contributed by atoms with Crippen LogP contribution in [0.5, 0.6) is 0 Å². The Bertz CT molecular complexity index is 1030. The highest BCUT2D eigenvalue weighted by molar-refractivity contribution is 7.89. The van der Waals surface area contributed by atoms with E-state index in [4.69, 9.17) is 0 Å². The molecule has 0 amide bonds. The van der Waals surface area contributed by atoms with Crippen molar-refractivity contribution in [3.8, 4) is 0 Å². The molecule has 0 saturated carbocycles. The number of Topliss-reactive ketones (excluding diaryl/α,β-unsaturated/α-hetero) is 2. The van der Waals surface area contributed by atoms with E-state index < -0.39 is 39.7 Å². The Kier molecular flexibility index (Phi) is 4.14. The van der Waals surface area contributed by atoms with E-state index in [0.717, 1.165) is 30.5 Å². The van der Waals surface area contributed by atoms with Gasteiger partial charge in [-0.1, -0.05) is 4.20 Å². The lowest BCUT2D eigenvalue weighted by molar-refractivity contribution is -0.114. The first kappa shape index (κ1) is 16.5. The molecular weight excluding hydrogens is 357 g/mol. The van der Waals surface area contributed by atoms with Crippen LogP contribution in [0.3, 0.4) is 0 Å². The molecule has 0 unspecified atom stereocenters. The van der Waals surface area contributed by atoms with Gasteiger partial charge in [-0.25, -0.2) is 4.39 Å². The number of aromatic amines is 1. The van der Waals surface area contributed by atoms with Crippen molar-refractivity contribution in [2.24, 2.45) is 0 Å². The zero-order valence-electron chi connectivity index (χ0n) is 12.2. The van der Waals surface area contributed by atoms with Gasteiger partial charge >= 0.3 is 0 Å². The molecule has 1 N–H and O–H groups in total. The zero-order chi connectivity index (χ0) is 18.0. The van der Waals surface area contributed by atoms with Crippen molar-refractivity contribution in [1.29, 1.82) is 0 Å².